The molecular formula is C13H25N3OS. The minimum Gasteiger partial charge on any atom is -0.377 e. The minimum absolute atomic E-state index is 0.106. The summed E-state index contributed by atoms with van der Waals surface area (Å²) in [5.74, 6) is 5.55. The van der Waals surface area contributed by atoms with Crippen LogP contribution in [0, 0.1) is 0 Å². The number of hydrogen-bond acceptors (Lipinski definition) is 5. The molecule has 104 valence electrons. The van der Waals surface area contributed by atoms with Gasteiger partial charge in [-0.15, -0.1) is 11.3 Å². The third-order valence-electron chi connectivity index (χ3n) is 2.61. The molecule has 4 nitrogen and oxygen atoms in total. The van der Waals surface area contributed by atoms with Crippen molar-refractivity contribution >= 4 is 11.3 Å². The Balaban J connectivity index is 2.57. The summed E-state index contributed by atoms with van der Waals surface area (Å²) < 4.78 is 5.58. The van der Waals surface area contributed by atoms with E-state index in [1.165, 1.54) is 0 Å². The van der Waals surface area contributed by atoms with Crippen LogP contribution in [0.3, 0.4) is 0 Å². The van der Waals surface area contributed by atoms with E-state index in [2.05, 4.69) is 36.6 Å². The quantitative estimate of drug-likeness (QED) is 0.615. The Morgan fingerprint density at radius 1 is 1.44 bits per heavy atom. The second-order valence-corrected chi connectivity index (χ2v) is 6.77. The van der Waals surface area contributed by atoms with E-state index < -0.39 is 0 Å². The van der Waals surface area contributed by atoms with Crippen LogP contribution in [0.25, 0.3) is 0 Å². The van der Waals surface area contributed by atoms with Gasteiger partial charge in [-0.05, 0) is 13.8 Å². The smallest absolute Gasteiger partial charge is 0.0945 e. The van der Waals surface area contributed by atoms with Gasteiger partial charge in [0.2, 0.25) is 0 Å². The highest BCUT2D eigenvalue weighted by molar-refractivity contribution is 7.09. The number of rotatable bonds is 6. The molecular weight excluding hydrogens is 246 g/mol. The third kappa shape index (κ3) is 5.02. The number of nitrogens with one attached hydrogen (secondary N) is 1. The molecule has 0 saturated carbocycles. The molecule has 1 aromatic heterocycles. The standard InChI is InChI=1S/C13H25N3OS/c1-9(2)17-7-10(16-14)6-12-15-11(8-18-12)13(3,4)5/h8-10,16H,6-7,14H2,1-5H3. The molecule has 1 aromatic rings. The van der Waals surface area contributed by atoms with Gasteiger partial charge in [-0.2, -0.15) is 0 Å². The Hall–Kier alpha value is -0.490. The predicted octanol–water partition coefficient (Wildman–Crippen LogP) is 2.24. The molecule has 0 bridgehead atoms. The first-order chi connectivity index (χ1) is 8.32. The van der Waals surface area contributed by atoms with Gasteiger partial charge in [-0.3, -0.25) is 11.3 Å². The second-order valence-electron chi connectivity index (χ2n) is 5.83. The molecule has 0 aliphatic carbocycles. The van der Waals surface area contributed by atoms with E-state index >= 15 is 0 Å². The van der Waals surface area contributed by atoms with E-state index in [4.69, 9.17) is 10.6 Å². The Kier molecular flexibility index (Phi) is 5.72. The van der Waals surface area contributed by atoms with Crippen LogP contribution in [-0.4, -0.2) is 23.7 Å². The van der Waals surface area contributed by atoms with Gasteiger partial charge in [0.25, 0.3) is 0 Å². The highest BCUT2D eigenvalue weighted by atomic mass is 32.1. The van der Waals surface area contributed by atoms with Crippen molar-refractivity contribution in [2.24, 2.45) is 5.84 Å². The highest BCUT2D eigenvalue weighted by Crippen LogP contribution is 2.24. The van der Waals surface area contributed by atoms with Crippen molar-refractivity contribution in [3.63, 3.8) is 0 Å². The molecule has 0 fully saturated rings. The maximum Gasteiger partial charge on any atom is 0.0945 e. The van der Waals surface area contributed by atoms with E-state index in [0.29, 0.717) is 6.61 Å². The van der Waals surface area contributed by atoms with Gasteiger partial charge in [-0.25, -0.2) is 4.98 Å². The van der Waals surface area contributed by atoms with Gasteiger partial charge in [0.15, 0.2) is 0 Å². The van der Waals surface area contributed by atoms with Crippen LogP contribution in [0.2, 0.25) is 0 Å². The summed E-state index contributed by atoms with van der Waals surface area (Å²) in [4.78, 5) is 4.66. The lowest BCUT2D eigenvalue weighted by Crippen LogP contribution is -2.40. The average Bonchev–Trinajstić information content (AvgIpc) is 2.71. The van der Waals surface area contributed by atoms with Crippen LogP contribution in [0.1, 0.15) is 45.3 Å². The Labute approximate surface area is 114 Å². The summed E-state index contributed by atoms with van der Waals surface area (Å²) in [7, 11) is 0. The summed E-state index contributed by atoms with van der Waals surface area (Å²) >= 11 is 1.69. The van der Waals surface area contributed by atoms with Crippen LogP contribution in [-0.2, 0) is 16.6 Å². The molecule has 1 unspecified atom stereocenters. The van der Waals surface area contributed by atoms with Crippen molar-refractivity contribution in [2.75, 3.05) is 6.61 Å². The Bertz CT molecular complexity index is 357. The zero-order valence-corrected chi connectivity index (χ0v) is 12.8. The van der Waals surface area contributed by atoms with Gasteiger partial charge < -0.3 is 4.74 Å². The number of nitrogens with zero attached hydrogens (tertiary/aromatic N) is 1. The number of nitrogens with two attached hydrogens (primary N) is 1. The Morgan fingerprint density at radius 3 is 2.56 bits per heavy atom. The molecule has 1 rings (SSSR count). The molecule has 5 heteroatoms. The molecule has 18 heavy (non-hydrogen) atoms. The molecule has 0 amide bonds. The van der Waals surface area contributed by atoms with Crippen LogP contribution < -0.4 is 11.3 Å². The van der Waals surface area contributed by atoms with E-state index in [1.54, 1.807) is 11.3 Å². The van der Waals surface area contributed by atoms with E-state index in [1.807, 2.05) is 13.8 Å². The molecule has 1 heterocycles. The summed E-state index contributed by atoms with van der Waals surface area (Å²) in [5.41, 5.74) is 4.04. The molecule has 0 aliphatic rings. The third-order valence-corrected chi connectivity index (χ3v) is 3.48. The minimum atomic E-state index is 0.106. The first-order valence-electron chi connectivity index (χ1n) is 6.35. The van der Waals surface area contributed by atoms with Gasteiger partial charge in [0.05, 0.1) is 29.5 Å². The molecule has 0 saturated heterocycles. The molecule has 3 N–H and O–H groups in total. The molecule has 0 aliphatic heterocycles. The number of ether oxygens (including phenoxy) is 1. The second kappa shape index (κ2) is 6.61. The number of hydrazine groups is 1. The summed E-state index contributed by atoms with van der Waals surface area (Å²) in [6.07, 6.45) is 1.03. The number of hydrogen-bond donors (Lipinski definition) is 2. The predicted molar refractivity (Wildman–Crippen MR) is 76.7 cm³/mol. The summed E-state index contributed by atoms with van der Waals surface area (Å²) in [6.45, 7) is 11.2. The first kappa shape index (κ1) is 15.6. The first-order valence-corrected chi connectivity index (χ1v) is 7.23. The molecule has 0 spiro atoms. The Morgan fingerprint density at radius 2 is 2.11 bits per heavy atom. The molecule has 0 aromatic carbocycles. The van der Waals surface area contributed by atoms with Crippen molar-refractivity contribution in [3.8, 4) is 0 Å². The zero-order valence-electron chi connectivity index (χ0n) is 12.0. The fourth-order valence-corrected chi connectivity index (χ4v) is 2.54. The fourth-order valence-electron chi connectivity index (χ4n) is 1.43. The van der Waals surface area contributed by atoms with Crippen LogP contribution in [0.15, 0.2) is 5.38 Å². The van der Waals surface area contributed by atoms with Gasteiger partial charge in [0, 0.05) is 17.2 Å². The summed E-state index contributed by atoms with van der Waals surface area (Å²) in [5, 5.41) is 3.24. The van der Waals surface area contributed by atoms with Gasteiger partial charge in [-0.1, -0.05) is 20.8 Å². The van der Waals surface area contributed by atoms with Crippen molar-refractivity contribution in [1.29, 1.82) is 0 Å². The largest absolute Gasteiger partial charge is 0.377 e. The molecule has 1 atom stereocenters. The summed E-state index contributed by atoms with van der Waals surface area (Å²) in [6, 6.07) is 0.117. The highest BCUT2D eigenvalue weighted by Gasteiger charge is 2.19. The van der Waals surface area contributed by atoms with Crippen molar-refractivity contribution in [2.45, 2.75) is 58.6 Å². The van der Waals surface area contributed by atoms with Crippen LogP contribution in [0.5, 0.6) is 0 Å². The van der Waals surface area contributed by atoms with E-state index in [0.717, 1.165) is 17.1 Å². The monoisotopic (exact) mass is 271 g/mol. The SMILES string of the molecule is CC(C)OCC(Cc1nc(C(C)(C)C)cs1)NN. The molecule has 0 radical (unpaired) electrons. The van der Waals surface area contributed by atoms with E-state index in [9.17, 15) is 0 Å². The van der Waals surface area contributed by atoms with Gasteiger partial charge >= 0.3 is 0 Å². The maximum absolute atomic E-state index is 5.58. The fraction of sp³-hybridized carbons (Fsp3) is 0.769. The van der Waals surface area contributed by atoms with Crippen molar-refractivity contribution in [3.05, 3.63) is 16.1 Å². The van der Waals surface area contributed by atoms with Crippen molar-refractivity contribution < 1.29 is 4.74 Å². The van der Waals surface area contributed by atoms with Crippen molar-refractivity contribution in [1.82, 2.24) is 10.4 Å². The average molecular weight is 271 g/mol. The lowest BCUT2D eigenvalue weighted by Gasteiger charge is -2.17. The number of thiazole rings is 1. The maximum atomic E-state index is 5.58. The van der Waals surface area contributed by atoms with Gasteiger partial charge in [0.1, 0.15) is 0 Å². The van der Waals surface area contributed by atoms with Crippen LogP contribution >= 0.6 is 11.3 Å². The van der Waals surface area contributed by atoms with Crippen LogP contribution in [0.4, 0.5) is 0 Å². The number of aromatic nitrogens is 1. The normalized spacial score (nSPS) is 14.2. The topological polar surface area (TPSA) is 60.2 Å². The lowest BCUT2D eigenvalue weighted by molar-refractivity contribution is 0.0613. The van der Waals surface area contributed by atoms with E-state index in [-0.39, 0.29) is 17.6 Å². The lowest BCUT2D eigenvalue weighted by atomic mass is 9.93. The zero-order chi connectivity index (χ0) is 13.8.